The molecule has 8 heteroatoms. The first-order valence-electron chi connectivity index (χ1n) is 10.2. The third-order valence-electron chi connectivity index (χ3n) is 4.81. The molecule has 2 aromatic rings. The number of hydrogen-bond acceptors (Lipinski definition) is 4. The normalized spacial score (nSPS) is 11.9. The summed E-state index contributed by atoms with van der Waals surface area (Å²) in [5.41, 5.74) is -0.335. The molecular weight excluding hydrogens is 396 g/mol. The molecule has 0 fully saturated rings. The van der Waals surface area contributed by atoms with Gasteiger partial charge in [-0.25, -0.2) is 28.1 Å². The highest BCUT2D eigenvalue weighted by Gasteiger charge is 2.18. The quantitative estimate of drug-likeness (QED) is 0.584. The summed E-state index contributed by atoms with van der Waals surface area (Å²) < 4.78 is 2.48. The predicted octanol–water partition coefficient (Wildman–Crippen LogP) is 1.62. The van der Waals surface area contributed by atoms with Gasteiger partial charge < -0.3 is 5.32 Å². The van der Waals surface area contributed by atoms with Crippen LogP contribution in [0.5, 0.6) is 0 Å². The fourth-order valence-electron chi connectivity index (χ4n) is 3.32. The average Bonchev–Trinajstić information content (AvgIpc) is 2.72. The van der Waals surface area contributed by atoms with Crippen LogP contribution in [0.1, 0.15) is 37.9 Å². The first kappa shape index (κ1) is 23.9. The Morgan fingerprint density at radius 1 is 0.903 bits per heavy atom. The van der Waals surface area contributed by atoms with Gasteiger partial charge >= 0.3 is 17.1 Å². The zero-order chi connectivity index (χ0) is 23.1. The minimum Gasteiger partial charge on any atom is -0.348 e. The monoisotopic (exact) mass is 426 g/mol. The van der Waals surface area contributed by atoms with Gasteiger partial charge in [0.2, 0.25) is 5.91 Å². The third-order valence-corrected chi connectivity index (χ3v) is 4.81. The van der Waals surface area contributed by atoms with Crippen LogP contribution in [0.3, 0.4) is 0 Å². The van der Waals surface area contributed by atoms with E-state index in [1.54, 1.807) is 0 Å². The van der Waals surface area contributed by atoms with E-state index in [4.69, 9.17) is 0 Å². The van der Waals surface area contributed by atoms with Gasteiger partial charge in [-0.15, -0.1) is 13.2 Å². The van der Waals surface area contributed by atoms with E-state index in [2.05, 4.69) is 32.3 Å². The second-order valence-electron chi connectivity index (χ2n) is 7.86. The van der Waals surface area contributed by atoms with Crippen molar-refractivity contribution in [1.82, 2.24) is 19.0 Å². The Kier molecular flexibility index (Phi) is 8.13. The number of nitrogens with one attached hydrogen (secondary N) is 1. The minimum absolute atomic E-state index is 0.0736. The number of hydrogen-bond donors (Lipinski definition) is 1. The van der Waals surface area contributed by atoms with Crippen LogP contribution >= 0.6 is 0 Å². The standard InChI is InChI=1S/C23H30N4O4/c1-6-12-25-21(29)26(13-7-2)23(31)27(22(25)30)15-20(28)24-17(5)19-10-8-18(9-11-19)14-16(3)4/h6-11,16-17H,1-2,12-15H2,3-5H3,(H,24,28)/t17-/m0/s1. The first-order valence-corrected chi connectivity index (χ1v) is 10.2. The molecule has 0 bridgehead atoms. The molecule has 1 heterocycles. The molecule has 0 spiro atoms. The lowest BCUT2D eigenvalue weighted by atomic mass is 10.00. The van der Waals surface area contributed by atoms with Crippen LogP contribution in [0.25, 0.3) is 0 Å². The molecule has 166 valence electrons. The van der Waals surface area contributed by atoms with Gasteiger partial charge in [-0.2, -0.15) is 0 Å². The van der Waals surface area contributed by atoms with Crippen molar-refractivity contribution in [3.63, 3.8) is 0 Å². The maximum absolute atomic E-state index is 12.6. The van der Waals surface area contributed by atoms with E-state index < -0.39 is 29.5 Å². The van der Waals surface area contributed by atoms with Crippen molar-refractivity contribution >= 4 is 5.91 Å². The van der Waals surface area contributed by atoms with Crippen molar-refractivity contribution in [3.05, 3.63) is 92.2 Å². The van der Waals surface area contributed by atoms with E-state index in [9.17, 15) is 19.2 Å². The summed E-state index contributed by atoms with van der Waals surface area (Å²) in [6.45, 7) is 12.5. The fraction of sp³-hybridized carbons (Fsp3) is 0.391. The number of aromatic nitrogens is 3. The summed E-state index contributed by atoms with van der Waals surface area (Å²) >= 11 is 0. The van der Waals surface area contributed by atoms with Crippen molar-refractivity contribution in [1.29, 1.82) is 0 Å². The Labute approximate surface area is 181 Å². The van der Waals surface area contributed by atoms with Crippen LogP contribution < -0.4 is 22.4 Å². The molecule has 31 heavy (non-hydrogen) atoms. The van der Waals surface area contributed by atoms with E-state index in [-0.39, 0.29) is 19.1 Å². The lowest BCUT2D eigenvalue weighted by molar-refractivity contribution is -0.122. The molecule has 8 nitrogen and oxygen atoms in total. The minimum atomic E-state index is -0.851. The molecule has 1 atom stereocenters. The Balaban J connectivity index is 2.25. The van der Waals surface area contributed by atoms with Crippen molar-refractivity contribution in [2.24, 2.45) is 5.92 Å². The molecule has 0 aliphatic heterocycles. The molecule has 0 radical (unpaired) electrons. The highest BCUT2D eigenvalue weighted by Crippen LogP contribution is 2.15. The van der Waals surface area contributed by atoms with Gasteiger partial charge in [-0.1, -0.05) is 50.3 Å². The van der Waals surface area contributed by atoms with Crippen LogP contribution in [-0.2, 0) is 30.8 Å². The largest absolute Gasteiger partial charge is 0.348 e. The Morgan fingerprint density at radius 2 is 1.39 bits per heavy atom. The predicted molar refractivity (Wildman–Crippen MR) is 121 cm³/mol. The number of carbonyl (C=O) groups excluding carboxylic acids is 1. The SMILES string of the molecule is C=CCn1c(=O)n(CC=C)c(=O)n(CC(=O)N[C@@H](C)c2ccc(CC(C)C)cc2)c1=O. The van der Waals surface area contributed by atoms with E-state index in [0.29, 0.717) is 5.92 Å². The number of rotatable bonds is 10. The summed E-state index contributed by atoms with van der Waals surface area (Å²) in [7, 11) is 0. The van der Waals surface area contributed by atoms with Crippen LogP contribution in [0.2, 0.25) is 0 Å². The third kappa shape index (κ3) is 5.81. The van der Waals surface area contributed by atoms with Crippen molar-refractivity contribution < 1.29 is 4.79 Å². The lowest BCUT2D eigenvalue weighted by Crippen LogP contribution is -2.55. The van der Waals surface area contributed by atoms with Gasteiger partial charge in [0, 0.05) is 0 Å². The van der Waals surface area contributed by atoms with Crippen LogP contribution in [-0.4, -0.2) is 19.6 Å². The molecule has 0 saturated carbocycles. The maximum atomic E-state index is 12.6. The highest BCUT2D eigenvalue weighted by atomic mass is 16.2. The molecule has 2 rings (SSSR count). The van der Waals surface area contributed by atoms with Gasteiger partial charge in [-0.3, -0.25) is 4.79 Å². The number of amides is 1. The van der Waals surface area contributed by atoms with E-state index in [0.717, 1.165) is 25.7 Å². The van der Waals surface area contributed by atoms with Gasteiger partial charge in [0.1, 0.15) is 6.54 Å². The van der Waals surface area contributed by atoms with Gasteiger partial charge in [0.15, 0.2) is 0 Å². The summed E-state index contributed by atoms with van der Waals surface area (Å²) in [6.07, 6.45) is 3.73. The first-order chi connectivity index (χ1) is 14.7. The molecule has 0 unspecified atom stereocenters. The molecule has 0 saturated heterocycles. The Hall–Kier alpha value is -3.42. The smallest absolute Gasteiger partial charge is 0.337 e. The van der Waals surface area contributed by atoms with Crippen molar-refractivity contribution in [2.75, 3.05) is 0 Å². The van der Waals surface area contributed by atoms with E-state index in [1.807, 2.05) is 31.2 Å². The zero-order valence-corrected chi connectivity index (χ0v) is 18.3. The summed E-state index contributed by atoms with van der Waals surface area (Å²) in [6, 6.07) is 7.65. The number of carbonyl (C=O) groups is 1. The summed E-state index contributed by atoms with van der Waals surface area (Å²) in [4.78, 5) is 50.3. The second-order valence-corrected chi connectivity index (χ2v) is 7.86. The summed E-state index contributed by atoms with van der Waals surface area (Å²) in [5, 5.41) is 2.80. The Morgan fingerprint density at radius 3 is 1.84 bits per heavy atom. The highest BCUT2D eigenvalue weighted by molar-refractivity contribution is 5.76. The number of benzene rings is 1. The lowest BCUT2D eigenvalue weighted by Gasteiger charge is -2.16. The van der Waals surface area contributed by atoms with Gasteiger partial charge in [0.25, 0.3) is 0 Å². The zero-order valence-electron chi connectivity index (χ0n) is 18.3. The van der Waals surface area contributed by atoms with Crippen LogP contribution in [0.4, 0.5) is 0 Å². The van der Waals surface area contributed by atoms with Crippen LogP contribution in [0, 0.1) is 5.92 Å². The molecular formula is C23H30N4O4. The molecule has 1 aromatic carbocycles. The molecule has 1 N–H and O–H groups in total. The van der Waals surface area contributed by atoms with Crippen LogP contribution in [0.15, 0.2) is 64.0 Å². The fourth-order valence-corrected chi connectivity index (χ4v) is 3.32. The van der Waals surface area contributed by atoms with Crippen molar-refractivity contribution in [3.8, 4) is 0 Å². The molecule has 0 aliphatic carbocycles. The Bertz CT molecular complexity index is 1070. The molecule has 1 aromatic heterocycles. The average molecular weight is 427 g/mol. The van der Waals surface area contributed by atoms with E-state index >= 15 is 0 Å². The van der Waals surface area contributed by atoms with Crippen molar-refractivity contribution in [2.45, 2.75) is 52.9 Å². The second kappa shape index (κ2) is 10.6. The summed E-state index contributed by atoms with van der Waals surface area (Å²) in [5.74, 6) is 0.0442. The van der Waals surface area contributed by atoms with Gasteiger partial charge in [-0.05, 0) is 30.4 Å². The maximum Gasteiger partial charge on any atom is 0.337 e. The number of allylic oxidation sites excluding steroid dienone is 2. The molecule has 0 aliphatic rings. The number of nitrogens with zero attached hydrogens (tertiary/aromatic N) is 3. The topological polar surface area (TPSA) is 95.1 Å². The molecule has 1 amide bonds. The van der Waals surface area contributed by atoms with E-state index in [1.165, 1.54) is 17.7 Å². The van der Waals surface area contributed by atoms with Gasteiger partial charge in [0.05, 0.1) is 19.1 Å².